The Morgan fingerprint density at radius 1 is 1.37 bits per heavy atom. The molecule has 0 unspecified atom stereocenters. The van der Waals surface area contributed by atoms with Crippen LogP contribution in [-0.4, -0.2) is 15.7 Å². The summed E-state index contributed by atoms with van der Waals surface area (Å²) in [5, 5.41) is 6.30. The Labute approximate surface area is 114 Å². The summed E-state index contributed by atoms with van der Waals surface area (Å²) in [4.78, 5) is 13.4. The predicted molar refractivity (Wildman–Crippen MR) is 73.5 cm³/mol. The maximum Gasteiger partial charge on any atom is 0.281 e. The Hall–Kier alpha value is -2.14. The van der Waals surface area contributed by atoms with Crippen LogP contribution in [0.1, 0.15) is 21.9 Å². The van der Waals surface area contributed by atoms with Gasteiger partial charge < -0.3 is 4.42 Å². The number of hydrogen-bond acceptors (Lipinski definition) is 4. The number of aryl methyl sites for hydroxylation is 2. The van der Waals surface area contributed by atoms with Gasteiger partial charge in [0, 0.05) is 6.20 Å². The number of aromatic nitrogens is 2. The van der Waals surface area contributed by atoms with Gasteiger partial charge in [0.05, 0.1) is 10.4 Å². The minimum absolute atomic E-state index is 0.169. The van der Waals surface area contributed by atoms with Gasteiger partial charge in [-0.25, -0.2) is 4.68 Å². The summed E-state index contributed by atoms with van der Waals surface area (Å²) in [5.41, 5.74) is 1.36. The predicted octanol–water partition coefficient (Wildman–Crippen LogP) is 3.51. The van der Waals surface area contributed by atoms with E-state index in [0.29, 0.717) is 11.3 Å². The molecule has 0 fully saturated rings. The molecule has 0 aliphatic carbocycles. The van der Waals surface area contributed by atoms with Crippen molar-refractivity contribution >= 4 is 17.2 Å². The Kier molecular flexibility index (Phi) is 2.83. The molecule has 0 amide bonds. The standard InChI is InChI=1S/C14H12N2O2S/c1-9-8-11(10(2)18-9)14(17)16-6-5-12(15-16)13-4-3-7-19-13/h3-8H,1-2H3. The molecule has 3 aromatic rings. The first kappa shape index (κ1) is 11.9. The average Bonchev–Trinajstić information content (AvgIpc) is 3.06. The highest BCUT2D eigenvalue weighted by molar-refractivity contribution is 7.13. The molecular weight excluding hydrogens is 260 g/mol. The van der Waals surface area contributed by atoms with Crippen molar-refractivity contribution in [3.8, 4) is 10.6 Å². The molecule has 0 saturated heterocycles. The molecule has 0 aliphatic heterocycles. The van der Waals surface area contributed by atoms with E-state index in [9.17, 15) is 4.79 Å². The first-order valence-corrected chi connectivity index (χ1v) is 6.74. The summed E-state index contributed by atoms with van der Waals surface area (Å²) < 4.78 is 6.73. The Bertz CT molecular complexity index is 723. The molecule has 4 nitrogen and oxygen atoms in total. The molecule has 0 bridgehead atoms. The summed E-state index contributed by atoms with van der Waals surface area (Å²) >= 11 is 1.60. The van der Waals surface area contributed by atoms with Crippen LogP contribution in [0.4, 0.5) is 0 Å². The van der Waals surface area contributed by atoms with Gasteiger partial charge in [0.15, 0.2) is 0 Å². The monoisotopic (exact) mass is 272 g/mol. The average molecular weight is 272 g/mol. The van der Waals surface area contributed by atoms with Gasteiger partial charge in [0.2, 0.25) is 0 Å². The van der Waals surface area contributed by atoms with Crippen LogP contribution in [0.25, 0.3) is 10.6 Å². The number of carbonyl (C=O) groups is 1. The maximum absolute atomic E-state index is 12.3. The largest absolute Gasteiger partial charge is 0.466 e. The van der Waals surface area contributed by atoms with Gasteiger partial charge in [-0.05, 0) is 37.4 Å². The van der Waals surface area contributed by atoms with Gasteiger partial charge in [-0.3, -0.25) is 4.79 Å². The molecule has 0 saturated carbocycles. The molecular formula is C14H12N2O2S. The zero-order chi connectivity index (χ0) is 13.4. The molecule has 5 heteroatoms. The van der Waals surface area contributed by atoms with Crippen LogP contribution in [0.3, 0.4) is 0 Å². The van der Waals surface area contributed by atoms with Crippen molar-refractivity contribution in [2.24, 2.45) is 0 Å². The third-order valence-corrected chi connectivity index (χ3v) is 3.73. The van der Waals surface area contributed by atoms with E-state index in [1.54, 1.807) is 30.5 Å². The minimum Gasteiger partial charge on any atom is -0.466 e. The highest BCUT2D eigenvalue weighted by Gasteiger charge is 2.16. The van der Waals surface area contributed by atoms with E-state index in [1.165, 1.54) is 4.68 Å². The number of furan rings is 1. The summed E-state index contributed by atoms with van der Waals surface area (Å²) in [6, 6.07) is 7.52. The lowest BCUT2D eigenvalue weighted by molar-refractivity contribution is 0.0944. The zero-order valence-corrected chi connectivity index (χ0v) is 11.4. The third-order valence-electron chi connectivity index (χ3n) is 2.84. The number of hydrogen-bond donors (Lipinski definition) is 0. The number of nitrogens with zero attached hydrogens (tertiary/aromatic N) is 2. The SMILES string of the molecule is Cc1cc(C(=O)n2ccc(-c3cccs3)n2)c(C)o1. The normalized spacial score (nSPS) is 10.8. The Balaban J connectivity index is 1.95. The molecule has 0 spiro atoms. The summed E-state index contributed by atoms with van der Waals surface area (Å²) in [6.07, 6.45) is 1.68. The first-order valence-electron chi connectivity index (χ1n) is 5.86. The Morgan fingerprint density at radius 2 is 2.21 bits per heavy atom. The lowest BCUT2D eigenvalue weighted by Crippen LogP contribution is -2.12. The van der Waals surface area contributed by atoms with Crippen LogP contribution in [0.2, 0.25) is 0 Å². The number of thiophene rings is 1. The van der Waals surface area contributed by atoms with E-state index in [2.05, 4.69) is 5.10 Å². The van der Waals surface area contributed by atoms with Gasteiger partial charge >= 0.3 is 0 Å². The smallest absolute Gasteiger partial charge is 0.281 e. The van der Waals surface area contributed by atoms with E-state index in [0.717, 1.165) is 16.3 Å². The van der Waals surface area contributed by atoms with Gasteiger partial charge in [-0.2, -0.15) is 5.10 Å². The summed E-state index contributed by atoms with van der Waals surface area (Å²) in [7, 11) is 0. The van der Waals surface area contributed by atoms with Crippen LogP contribution < -0.4 is 0 Å². The summed E-state index contributed by atoms with van der Waals surface area (Å²) in [6.45, 7) is 3.61. The second kappa shape index (κ2) is 4.51. The second-order valence-electron chi connectivity index (χ2n) is 4.25. The van der Waals surface area contributed by atoms with Gasteiger partial charge in [0.25, 0.3) is 5.91 Å². The lowest BCUT2D eigenvalue weighted by atomic mass is 10.2. The van der Waals surface area contributed by atoms with Crippen molar-refractivity contribution in [3.63, 3.8) is 0 Å². The molecule has 0 N–H and O–H groups in total. The molecule has 3 aromatic heterocycles. The topological polar surface area (TPSA) is 48.0 Å². The van der Waals surface area contributed by atoms with Crippen LogP contribution in [-0.2, 0) is 0 Å². The Morgan fingerprint density at radius 3 is 2.84 bits per heavy atom. The molecule has 3 rings (SSSR count). The fraction of sp³-hybridized carbons (Fsp3) is 0.143. The van der Waals surface area contributed by atoms with Gasteiger partial charge in [0.1, 0.15) is 17.2 Å². The number of carbonyl (C=O) groups excluding carboxylic acids is 1. The fourth-order valence-corrected chi connectivity index (χ4v) is 2.65. The van der Waals surface area contributed by atoms with Crippen molar-refractivity contribution in [2.75, 3.05) is 0 Å². The molecule has 0 atom stereocenters. The van der Waals surface area contributed by atoms with E-state index < -0.39 is 0 Å². The van der Waals surface area contributed by atoms with E-state index in [1.807, 2.05) is 30.5 Å². The molecule has 0 radical (unpaired) electrons. The third kappa shape index (κ3) is 2.13. The number of rotatable bonds is 2. The molecule has 0 aromatic carbocycles. The molecule has 96 valence electrons. The van der Waals surface area contributed by atoms with Gasteiger partial charge in [-0.15, -0.1) is 11.3 Å². The summed E-state index contributed by atoms with van der Waals surface area (Å²) in [5.74, 6) is 1.18. The fourth-order valence-electron chi connectivity index (χ4n) is 1.96. The van der Waals surface area contributed by atoms with Crippen molar-refractivity contribution in [3.05, 3.63) is 52.9 Å². The van der Waals surface area contributed by atoms with Crippen molar-refractivity contribution in [2.45, 2.75) is 13.8 Å². The molecule has 3 heterocycles. The maximum atomic E-state index is 12.3. The van der Waals surface area contributed by atoms with E-state index in [-0.39, 0.29) is 5.91 Å². The highest BCUT2D eigenvalue weighted by Crippen LogP contribution is 2.23. The van der Waals surface area contributed by atoms with Crippen molar-refractivity contribution in [1.82, 2.24) is 9.78 Å². The minimum atomic E-state index is -0.169. The van der Waals surface area contributed by atoms with Crippen LogP contribution in [0.15, 0.2) is 40.3 Å². The van der Waals surface area contributed by atoms with E-state index >= 15 is 0 Å². The van der Waals surface area contributed by atoms with Crippen molar-refractivity contribution in [1.29, 1.82) is 0 Å². The van der Waals surface area contributed by atoms with Gasteiger partial charge in [-0.1, -0.05) is 6.07 Å². The van der Waals surface area contributed by atoms with Crippen LogP contribution in [0.5, 0.6) is 0 Å². The van der Waals surface area contributed by atoms with Crippen LogP contribution >= 0.6 is 11.3 Å². The van der Waals surface area contributed by atoms with Crippen molar-refractivity contribution < 1.29 is 9.21 Å². The quantitative estimate of drug-likeness (QED) is 0.717. The second-order valence-corrected chi connectivity index (χ2v) is 5.20. The highest BCUT2D eigenvalue weighted by atomic mass is 32.1. The lowest BCUT2D eigenvalue weighted by Gasteiger charge is -1.98. The molecule has 19 heavy (non-hydrogen) atoms. The van der Waals surface area contributed by atoms with E-state index in [4.69, 9.17) is 4.42 Å². The van der Waals surface area contributed by atoms with Crippen LogP contribution in [0, 0.1) is 13.8 Å². The molecule has 0 aliphatic rings. The first-order chi connectivity index (χ1) is 9.15. The zero-order valence-electron chi connectivity index (χ0n) is 10.6.